The number of hydrogen-bond donors (Lipinski definition) is 2. The molecule has 0 aliphatic carbocycles. The number of imidazole rings is 1. The fourth-order valence-electron chi connectivity index (χ4n) is 3.24. The average molecular weight is 446 g/mol. The van der Waals surface area contributed by atoms with Crippen LogP contribution in [0.5, 0.6) is 0 Å². The zero-order valence-corrected chi connectivity index (χ0v) is 18.3. The molecule has 3 N–H and O–H groups in total. The number of nitrogens with one attached hydrogen (secondary N) is 1. The van der Waals surface area contributed by atoms with E-state index in [0.29, 0.717) is 18.3 Å². The van der Waals surface area contributed by atoms with Crippen molar-refractivity contribution in [1.82, 2.24) is 9.55 Å². The molecular weight excluding hydrogens is 421 g/mol. The van der Waals surface area contributed by atoms with Crippen LogP contribution in [0.2, 0.25) is 0 Å². The van der Waals surface area contributed by atoms with Gasteiger partial charge in [0.2, 0.25) is 5.91 Å². The lowest BCUT2D eigenvalue weighted by Gasteiger charge is -2.22. The number of nitrogens with zero attached hydrogens (tertiary/aromatic N) is 3. The van der Waals surface area contributed by atoms with Gasteiger partial charge in [0.25, 0.3) is 0 Å². The first kappa shape index (κ1) is 22.0. The standard InChI is InChI=1S/C22H25Cl2N5O/c1-28-20-8-7-18(29(12-10-23)13-11-24)14-19(20)27-22(28)15-26-17-5-2-16(3-6-17)4-9-21(25)30/h2-9,14,26H,10-13,15H2,1H3,(H2,25,30)/b9-4+. The zero-order chi connectivity index (χ0) is 21.5. The predicted octanol–water partition coefficient (Wildman–Crippen LogP) is 3.97. The van der Waals surface area contributed by atoms with E-state index in [9.17, 15) is 4.79 Å². The van der Waals surface area contributed by atoms with Crippen LogP contribution >= 0.6 is 23.2 Å². The van der Waals surface area contributed by atoms with E-state index in [0.717, 1.165) is 46.9 Å². The molecular formula is C22H25Cl2N5O. The van der Waals surface area contributed by atoms with Gasteiger partial charge in [0, 0.05) is 49.3 Å². The first-order valence-corrected chi connectivity index (χ1v) is 10.7. The molecule has 3 aromatic rings. The lowest BCUT2D eigenvalue weighted by atomic mass is 10.2. The Labute approximate surface area is 186 Å². The van der Waals surface area contributed by atoms with E-state index < -0.39 is 5.91 Å². The number of benzene rings is 2. The van der Waals surface area contributed by atoms with Crippen molar-refractivity contribution in [1.29, 1.82) is 0 Å². The quantitative estimate of drug-likeness (QED) is 0.365. The molecule has 2 aromatic carbocycles. The largest absolute Gasteiger partial charge is 0.378 e. The summed E-state index contributed by atoms with van der Waals surface area (Å²) in [4.78, 5) is 17.8. The van der Waals surface area contributed by atoms with Gasteiger partial charge in [-0.25, -0.2) is 4.98 Å². The molecule has 0 unspecified atom stereocenters. The number of fused-ring (bicyclic) bond motifs is 1. The van der Waals surface area contributed by atoms with Crippen LogP contribution in [0, 0.1) is 0 Å². The second kappa shape index (κ2) is 10.4. The molecule has 3 rings (SSSR count). The highest BCUT2D eigenvalue weighted by Gasteiger charge is 2.11. The second-order valence-corrected chi connectivity index (χ2v) is 7.59. The normalized spacial score (nSPS) is 11.3. The van der Waals surface area contributed by atoms with E-state index >= 15 is 0 Å². The summed E-state index contributed by atoms with van der Waals surface area (Å²) in [6.07, 6.45) is 3.03. The fourth-order valence-corrected chi connectivity index (χ4v) is 3.65. The fraction of sp³-hybridized carbons (Fsp3) is 0.273. The van der Waals surface area contributed by atoms with Crippen molar-refractivity contribution in [3.8, 4) is 0 Å². The number of aryl methyl sites for hydroxylation is 1. The van der Waals surface area contributed by atoms with Gasteiger partial charge in [0.1, 0.15) is 5.82 Å². The molecule has 158 valence electrons. The van der Waals surface area contributed by atoms with E-state index in [4.69, 9.17) is 33.9 Å². The predicted molar refractivity (Wildman–Crippen MR) is 126 cm³/mol. The van der Waals surface area contributed by atoms with Crippen LogP contribution in [-0.2, 0) is 18.4 Å². The molecule has 6 nitrogen and oxygen atoms in total. The number of alkyl halides is 2. The van der Waals surface area contributed by atoms with E-state index in [-0.39, 0.29) is 0 Å². The summed E-state index contributed by atoms with van der Waals surface area (Å²) < 4.78 is 2.09. The maximum atomic E-state index is 10.8. The van der Waals surface area contributed by atoms with Crippen molar-refractivity contribution in [3.63, 3.8) is 0 Å². The van der Waals surface area contributed by atoms with E-state index in [1.807, 2.05) is 31.3 Å². The minimum absolute atomic E-state index is 0.462. The van der Waals surface area contributed by atoms with Crippen molar-refractivity contribution < 1.29 is 4.79 Å². The number of amides is 1. The summed E-state index contributed by atoms with van der Waals surface area (Å²) in [6, 6.07) is 14.0. The number of anilines is 2. The van der Waals surface area contributed by atoms with Crippen molar-refractivity contribution in [2.24, 2.45) is 12.8 Å². The van der Waals surface area contributed by atoms with Gasteiger partial charge < -0.3 is 20.5 Å². The highest BCUT2D eigenvalue weighted by molar-refractivity contribution is 6.18. The maximum Gasteiger partial charge on any atom is 0.241 e. The van der Waals surface area contributed by atoms with Gasteiger partial charge in [0.15, 0.2) is 0 Å². The Morgan fingerprint density at radius 1 is 1.17 bits per heavy atom. The molecule has 0 fully saturated rings. The Bertz CT molecular complexity index is 1020. The van der Waals surface area contributed by atoms with Crippen molar-refractivity contribution in [2.75, 3.05) is 35.1 Å². The van der Waals surface area contributed by atoms with E-state index in [1.54, 1.807) is 6.08 Å². The molecule has 0 bridgehead atoms. The molecule has 0 atom stereocenters. The number of carbonyl (C=O) groups excluding carboxylic acids is 1. The first-order valence-electron chi connectivity index (χ1n) is 9.65. The molecule has 0 aliphatic rings. The van der Waals surface area contributed by atoms with Gasteiger partial charge >= 0.3 is 0 Å². The van der Waals surface area contributed by atoms with Gasteiger partial charge in [-0.1, -0.05) is 12.1 Å². The summed E-state index contributed by atoms with van der Waals surface area (Å²) in [5, 5.41) is 3.39. The summed E-state index contributed by atoms with van der Waals surface area (Å²) in [7, 11) is 2.01. The zero-order valence-electron chi connectivity index (χ0n) is 16.8. The van der Waals surface area contributed by atoms with Crippen molar-refractivity contribution in [2.45, 2.75) is 6.54 Å². The lowest BCUT2D eigenvalue weighted by molar-refractivity contribution is -0.113. The summed E-state index contributed by atoms with van der Waals surface area (Å²) in [5.74, 6) is 1.56. The lowest BCUT2D eigenvalue weighted by Crippen LogP contribution is -2.27. The molecule has 0 spiro atoms. The van der Waals surface area contributed by atoms with E-state index in [1.165, 1.54) is 6.08 Å². The van der Waals surface area contributed by atoms with Gasteiger partial charge in [-0.2, -0.15) is 0 Å². The summed E-state index contributed by atoms with van der Waals surface area (Å²) >= 11 is 11.9. The van der Waals surface area contributed by atoms with E-state index in [2.05, 4.69) is 33.0 Å². The van der Waals surface area contributed by atoms with Crippen LogP contribution in [0.3, 0.4) is 0 Å². The Hall–Kier alpha value is -2.70. The Kier molecular flexibility index (Phi) is 7.60. The number of nitrogens with two attached hydrogens (primary N) is 1. The summed E-state index contributed by atoms with van der Waals surface area (Å²) in [6.45, 7) is 2.07. The molecule has 30 heavy (non-hydrogen) atoms. The number of halogens is 2. The van der Waals surface area contributed by atoms with Crippen LogP contribution in [0.1, 0.15) is 11.4 Å². The van der Waals surface area contributed by atoms with Gasteiger partial charge in [-0.15, -0.1) is 23.2 Å². The minimum atomic E-state index is -0.462. The average Bonchev–Trinajstić information content (AvgIpc) is 3.06. The van der Waals surface area contributed by atoms with Crippen molar-refractivity contribution in [3.05, 3.63) is 59.9 Å². The molecule has 8 heteroatoms. The smallest absolute Gasteiger partial charge is 0.241 e. The van der Waals surface area contributed by atoms with Crippen LogP contribution in [0.4, 0.5) is 11.4 Å². The van der Waals surface area contributed by atoms with Crippen LogP contribution in [0.15, 0.2) is 48.5 Å². The number of carbonyl (C=O) groups is 1. The first-order chi connectivity index (χ1) is 14.5. The molecule has 1 aromatic heterocycles. The number of rotatable bonds is 10. The van der Waals surface area contributed by atoms with Gasteiger partial charge in [-0.05, 0) is 42.0 Å². The van der Waals surface area contributed by atoms with Crippen LogP contribution in [-0.4, -0.2) is 40.3 Å². The monoisotopic (exact) mass is 445 g/mol. The maximum absolute atomic E-state index is 10.8. The molecule has 0 aliphatic heterocycles. The highest BCUT2D eigenvalue weighted by Crippen LogP contribution is 2.23. The molecule has 1 amide bonds. The number of aromatic nitrogens is 2. The van der Waals surface area contributed by atoms with Gasteiger partial charge in [-0.3, -0.25) is 4.79 Å². The number of primary amides is 1. The molecule has 1 heterocycles. The third-order valence-corrected chi connectivity index (χ3v) is 5.17. The SMILES string of the molecule is Cn1c(CNc2ccc(/C=C/C(N)=O)cc2)nc2cc(N(CCCl)CCCl)ccc21. The van der Waals surface area contributed by atoms with Gasteiger partial charge in [0.05, 0.1) is 17.6 Å². The minimum Gasteiger partial charge on any atom is -0.378 e. The topological polar surface area (TPSA) is 76.2 Å². The van der Waals surface area contributed by atoms with Crippen LogP contribution < -0.4 is 16.0 Å². The third kappa shape index (κ3) is 5.46. The molecule has 0 saturated heterocycles. The Morgan fingerprint density at radius 2 is 1.87 bits per heavy atom. The Morgan fingerprint density at radius 3 is 2.50 bits per heavy atom. The molecule has 0 radical (unpaired) electrons. The third-order valence-electron chi connectivity index (χ3n) is 4.83. The van der Waals surface area contributed by atoms with Crippen LogP contribution in [0.25, 0.3) is 17.1 Å². The highest BCUT2D eigenvalue weighted by atomic mass is 35.5. The van der Waals surface area contributed by atoms with Crippen molar-refractivity contribution >= 4 is 57.6 Å². The Balaban J connectivity index is 1.73. The molecule has 0 saturated carbocycles. The summed E-state index contributed by atoms with van der Waals surface area (Å²) in [5.41, 5.74) is 10.1. The number of hydrogen-bond acceptors (Lipinski definition) is 4. The second-order valence-electron chi connectivity index (χ2n) is 6.84.